The van der Waals surface area contributed by atoms with Gasteiger partial charge in [-0.05, 0) is 31.2 Å². The Kier molecular flexibility index (Phi) is 2.13. The van der Waals surface area contributed by atoms with Gasteiger partial charge in [0.25, 0.3) is 0 Å². The molecule has 0 heterocycles. The van der Waals surface area contributed by atoms with E-state index in [-0.39, 0.29) is 23.8 Å². The predicted octanol–water partition coefficient (Wildman–Crippen LogP) is 0.710. The number of carbonyl (C=O) groups is 1. The van der Waals surface area contributed by atoms with E-state index in [0.29, 0.717) is 5.41 Å². The van der Waals surface area contributed by atoms with Crippen LogP contribution in [0.4, 0.5) is 0 Å². The zero-order valence-electron chi connectivity index (χ0n) is 7.13. The Morgan fingerprint density at radius 2 is 2.00 bits per heavy atom. The van der Waals surface area contributed by atoms with Gasteiger partial charge in [0, 0.05) is 0 Å². The number of methoxy groups -OCH3 is 1. The van der Waals surface area contributed by atoms with Gasteiger partial charge in [-0.1, -0.05) is 0 Å². The van der Waals surface area contributed by atoms with Gasteiger partial charge in [-0.15, -0.1) is 12.4 Å². The maximum atomic E-state index is 11.1. The highest BCUT2D eigenvalue weighted by Crippen LogP contribution is 2.73. The summed E-state index contributed by atoms with van der Waals surface area (Å²) in [4.78, 5) is 11.1. The third-order valence-corrected chi connectivity index (χ3v) is 3.19. The molecule has 3 nitrogen and oxygen atoms in total. The quantitative estimate of drug-likeness (QED) is 0.655. The average molecular weight is 192 g/mol. The number of hydrogen-bond donors (Lipinski definition) is 1. The Labute approximate surface area is 78.1 Å². The smallest absolute Gasteiger partial charge is 0.311 e. The second-order valence-corrected chi connectivity index (χ2v) is 4.01. The Balaban J connectivity index is 0.000000720. The summed E-state index contributed by atoms with van der Waals surface area (Å²) in [6.45, 7) is 0.728. The molecule has 0 saturated heterocycles. The minimum absolute atomic E-state index is 0. The predicted molar refractivity (Wildman–Crippen MR) is 47.0 cm³/mol. The van der Waals surface area contributed by atoms with Crippen molar-refractivity contribution in [2.45, 2.75) is 19.3 Å². The molecule has 0 aromatic carbocycles. The van der Waals surface area contributed by atoms with Crippen molar-refractivity contribution in [3.8, 4) is 0 Å². The van der Waals surface area contributed by atoms with Gasteiger partial charge in [-0.2, -0.15) is 0 Å². The van der Waals surface area contributed by atoms with Crippen molar-refractivity contribution in [3.05, 3.63) is 0 Å². The molecule has 0 aromatic heterocycles. The summed E-state index contributed by atoms with van der Waals surface area (Å²) in [6, 6.07) is 0. The van der Waals surface area contributed by atoms with Gasteiger partial charge in [0.2, 0.25) is 0 Å². The van der Waals surface area contributed by atoms with Crippen molar-refractivity contribution < 1.29 is 9.53 Å². The Morgan fingerprint density at radius 3 is 2.33 bits per heavy atom. The molecule has 12 heavy (non-hydrogen) atoms. The molecule has 0 aliphatic heterocycles. The van der Waals surface area contributed by atoms with E-state index < -0.39 is 0 Å². The topological polar surface area (TPSA) is 52.3 Å². The summed E-state index contributed by atoms with van der Waals surface area (Å²) in [6.07, 6.45) is 2.88. The van der Waals surface area contributed by atoms with Crippen LogP contribution in [0.1, 0.15) is 19.3 Å². The van der Waals surface area contributed by atoms with E-state index in [4.69, 9.17) is 10.5 Å². The van der Waals surface area contributed by atoms with Crippen LogP contribution < -0.4 is 5.73 Å². The van der Waals surface area contributed by atoms with E-state index in [9.17, 15) is 4.79 Å². The first-order valence-corrected chi connectivity index (χ1v) is 3.95. The van der Waals surface area contributed by atoms with Crippen LogP contribution in [0.5, 0.6) is 0 Å². The average Bonchev–Trinajstić information content (AvgIpc) is 1.83. The molecule has 2 bridgehead atoms. The first kappa shape index (κ1) is 9.81. The molecule has 0 spiro atoms. The summed E-state index contributed by atoms with van der Waals surface area (Å²) in [7, 11) is 1.46. The largest absolute Gasteiger partial charge is 0.469 e. The van der Waals surface area contributed by atoms with E-state index in [1.165, 1.54) is 7.11 Å². The van der Waals surface area contributed by atoms with Crippen molar-refractivity contribution in [3.63, 3.8) is 0 Å². The molecule has 0 amide bonds. The lowest BCUT2D eigenvalue weighted by atomic mass is 9.35. The number of carbonyl (C=O) groups excluding carboxylic acids is 1. The molecule has 3 aliphatic rings. The van der Waals surface area contributed by atoms with Crippen LogP contribution in [0, 0.1) is 10.8 Å². The molecule has 0 atom stereocenters. The third kappa shape index (κ3) is 0.896. The lowest BCUT2D eigenvalue weighted by Crippen LogP contribution is -2.68. The zero-order valence-corrected chi connectivity index (χ0v) is 7.95. The van der Waals surface area contributed by atoms with Crippen LogP contribution in [-0.2, 0) is 9.53 Å². The maximum absolute atomic E-state index is 11.1. The van der Waals surface area contributed by atoms with Crippen LogP contribution in [-0.4, -0.2) is 19.6 Å². The van der Waals surface area contributed by atoms with Gasteiger partial charge < -0.3 is 10.5 Å². The summed E-state index contributed by atoms with van der Waals surface area (Å²) >= 11 is 0. The molecule has 0 unspecified atom stereocenters. The molecule has 3 fully saturated rings. The number of ether oxygens (including phenoxy) is 1. The van der Waals surface area contributed by atoms with E-state index in [2.05, 4.69) is 0 Å². The number of esters is 1. The van der Waals surface area contributed by atoms with Crippen LogP contribution in [0.15, 0.2) is 0 Å². The van der Waals surface area contributed by atoms with Crippen molar-refractivity contribution in [2.24, 2.45) is 16.6 Å². The fourth-order valence-corrected chi connectivity index (χ4v) is 2.65. The summed E-state index contributed by atoms with van der Waals surface area (Å²) in [5.74, 6) is -0.0344. The molecule has 3 aliphatic carbocycles. The zero-order chi connectivity index (χ0) is 8.11. The normalized spacial score (nSPS) is 41.8. The van der Waals surface area contributed by atoms with Crippen molar-refractivity contribution in [2.75, 3.05) is 13.7 Å². The van der Waals surface area contributed by atoms with Crippen molar-refractivity contribution in [1.29, 1.82) is 0 Å². The SMILES string of the molecule is COC(=O)C12CC(CN)(C1)C2.Cl. The molecule has 0 aromatic rings. The van der Waals surface area contributed by atoms with Crippen LogP contribution in [0.25, 0.3) is 0 Å². The lowest BCUT2D eigenvalue weighted by molar-refractivity contribution is -0.221. The van der Waals surface area contributed by atoms with E-state index in [1.54, 1.807) is 0 Å². The Morgan fingerprint density at radius 1 is 1.50 bits per heavy atom. The van der Waals surface area contributed by atoms with Gasteiger partial charge in [0.15, 0.2) is 0 Å². The van der Waals surface area contributed by atoms with Gasteiger partial charge >= 0.3 is 5.97 Å². The molecular weight excluding hydrogens is 178 g/mol. The highest BCUT2D eigenvalue weighted by molar-refractivity contribution is 5.85. The number of rotatable bonds is 2. The van der Waals surface area contributed by atoms with E-state index in [1.807, 2.05) is 0 Å². The summed E-state index contributed by atoms with van der Waals surface area (Å²) in [5, 5.41) is 0. The highest BCUT2D eigenvalue weighted by Gasteiger charge is 2.71. The van der Waals surface area contributed by atoms with Crippen molar-refractivity contribution in [1.82, 2.24) is 0 Å². The molecule has 70 valence electrons. The minimum atomic E-state index is -0.103. The van der Waals surface area contributed by atoms with Crippen molar-refractivity contribution >= 4 is 18.4 Å². The fraction of sp³-hybridized carbons (Fsp3) is 0.875. The molecular formula is C8H14ClNO2. The van der Waals surface area contributed by atoms with Crippen LogP contribution >= 0.6 is 12.4 Å². The lowest BCUT2D eigenvalue weighted by Gasteiger charge is -2.68. The van der Waals surface area contributed by atoms with Gasteiger partial charge in [-0.3, -0.25) is 4.79 Å². The van der Waals surface area contributed by atoms with Gasteiger partial charge in [-0.25, -0.2) is 0 Å². The third-order valence-electron chi connectivity index (χ3n) is 3.19. The van der Waals surface area contributed by atoms with Crippen LogP contribution in [0.3, 0.4) is 0 Å². The Hall–Kier alpha value is -0.280. The Bertz CT molecular complexity index is 197. The summed E-state index contributed by atoms with van der Waals surface area (Å²) < 4.78 is 4.70. The number of halogens is 1. The molecule has 2 N–H and O–H groups in total. The number of nitrogens with two attached hydrogens (primary N) is 1. The molecule has 0 radical (unpaired) electrons. The summed E-state index contributed by atoms with van der Waals surface area (Å²) in [5.41, 5.74) is 5.78. The molecule has 4 heteroatoms. The maximum Gasteiger partial charge on any atom is 0.311 e. The monoisotopic (exact) mass is 191 g/mol. The second-order valence-electron chi connectivity index (χ2n) is 4.01. The first-order chi connectivity index (χ1) is 5.16. The molecule has 3 rings (SSSR count). The van der Waals surface area contributed by atoms with Gasteiger partial charge in [0.05, 0.1) is 12.5 Å². The van der Waals surface area contributed by atoms with E-state index >= 15 is 0 Å². The van der Waals surface area contributed by atoms with E-state index in [0.717, 1.165) is 25.8 Å². The number of hydrogen-bond acceptors (Lipinski definition) is 3. The van der Waals surface area contributed by atoms with Gasteiger partial charge in [0.1, 0.15) is 0 Å². The fourth-order valence-electron chi connectivity index (χ4n) is 2.65. The van der Waals surface area contributed by atoms with Crippen LogP contribution in [0.2, 0.25) is 0 Å². The second kappa shape index (κ2) is 2.60. The molecule has 3 saturated carbocycles. The minimum Gasteiger partial charge on any atom is -0.469 e. The first-order valence-electron chi connectivity index (χ1n) is 3.95. The highest BCUT2D eigenvalue weighted by atomic mass is 35.5. The standard InChI is InChI=1S/C8H13NO2.ClH/c1-11-6(10)8-2-7(3-8,4-8)5-9;/h2-5,9H2,1H3;1H.